The van der Waals surface area contributed by atoms with Crippen LogP contribution in [0.2, 0.25) is 0 Å². The van der Waals surface area contributed by atoms with Crippen LogP contribution in [0.5, 0.6) is 11.5 Å². The van der Waals surface area contributed by atoms with E-state index in [-0.39, 0.29) is 18.9 Å². The fraction of sp³-hybridized carbons (Fsp3) is 0.211. The van der Waals surface area contributed by atoms with Crippen molar-refractivity contribution >= 4 is 23.2 Å². The number of hydrogen-bond acceptors (Lipinski definition) is 5. The van der Waals surface area contributed by atoms with Gasteiger partial charge in [0.25, 0.3) is 5.91 Å². The van der Waals surface area contributed by atoms with Crippen molar-refractivity contribution in [2.45, 2.75) is 13.3 Å². The lowest BCUT2D eigenvalue weighted by Crippen LogP contribution is -2.26. The van der Waals surface area contributed by atoms with Crippen molar-refractivity contribution in [1.29, 1.82) is 0 Å². The first kappa shape index (κ1) is 19.0. The smallest absolute Gasteiger partial charge is 0.277 e. The molecule has 2 amide bonds. The fourth-order valence-electron chi connectivity index (χ4n) is 2.07. The third-order valence-electron chi connectivity index (χ3n) is 3.27. The molecule has 136 valence electrons. The molecule has 0 bridgehead atoms. The van der Waals surface area contributed by atoms with Gasteiger partial charge in [-0.25, -0.2) is 5.43 Å². The number of benzene rings is 2. The van der Waals surface area contributed by atoms with Gasteiger partial charge in [0.15, 0.2) is 18.1 Å². The topological polar surface area (TPSA) is 89.0 Å². The molecule has 0 saturated heterocycles. The minimum Gasteiger partial charge on any atom is -0.493 e. The lowest BCUT2D eigenvalue weighted by atomic mass is 10.2. The number of rotatable bonds is 8. The van der Waals surface area contributed by atoms with Gasteiger partial charge >= 0.3 is 0 Å². The van der Waals surface area contributed by atoms with Crippen molar-refractivity contribution < 1.29 is 19.1 Å². The van der Waals surface area contributed by atoms with E-state index in [1.54, 1.807) is 43.3 Å². The van der Waals surface area contributed by atoms with Crippen LogP contribution in [0.15, 0.2) is 59.7 Å². The van der Waals surface area contributed by atoms with Gasteiger partial charge in [-0.1, -0.05) is 30.3 Å². The zero-order valence-electron chi connectivity index (χ0n) is 14.7. The molecule has 7 nitrogen and oxygen atoms in total. The van der Waals surface area contributed by atoms with Crippen LogP contribution in [0, 0.1) is 0 Å². The Labute approximate surface area is 152 Å². The number of nitrogens with zero attached hydrogens (tertiary/aromatic N) is 1. The highest BCUT2D eigenvalue weighted by Gasteiger charge is 2.08. The molecule has 0 fully saturated rings. The molecule has 0 aliphatic heterocycles. The van der Waals surface area contributed by atoms with E-state index in [1.807, 2.05) is 18.2 Å². The standard InChI is InChI=1S/C19H21N3O4/c1-14(12-18(23)20-15-8-4-3-5-9-15)21-22-19(24)13-26-17-11-7-6-10-16(17)25-2/h3-11H,12-13H2,1-2H3,(H,20,23)(H,22,24). The number of para-hydroxylation sites is 3. The van der Waals surface area contributed by atoms with Gasteiger partial charge in [-0.3, -0.25) is 9.59 Å². The average molecular weight is 355 g/mol. The normalized spacial score (nSPS) is 10.8. The van der Waals surface area contributed by atoms with E-state index < -0.39 is 5.91 Å². The summed E-state index contributed by atoms with van der Waals surface area (Å²) < 4.78 is 10.5. The summed E-state index contributed by atoms with van der Waals surface area (Å²) >= 11 is 0. The van der Waals surface area contributed by atoms with Crippen LogP contribution in [0.1, 0.15) is 13.3 Å². The Kier molecular flexibility index (Phi) is 7.17. The molecule has 2 N–H and O–H groups in total. The molecule has 2 aromatic carbocycles. The molecule has 0 aromatic heterocycles. The van der Waals surface area contributed by atoms with Crippen LogP contribution in [-0.4, -0.2) is 31.2 Å². The summed E-state index contributed by atoms with van der Waals surface area (Å²) in [7, 11) is 1.52. The first-order chi connectivity index (χ1) is 12.6. The number of methoxy groups -OCH3 is 1. The molecule has 0 aliphatic carbocycles. The summed E-state index contributed by atoms with van der Waals surface area (Å²) in [5.74, 6) is 0.362. The van der Waals surface area contributed by atoms with Crippen LogP contribution in [0.3, 0.4) is 0 Å². The lowest BCUT2D eigenvalue weighted by molar-refractivity contribution is -0.123. The van der Waals surface area contributed by atoms with Gasteiger partial charge in [0.05, 0.1) is 13.5 Å². The van der Waals surface area contributed by atoms with E-state index in [0.29, 0.717) is 22.9 Å². The van der Waals surface area contributed by atoms with Gasteiger partial charge in [0.1, 0.15) is 0 Å². The van der Waals surface area contributed by atoms with E-state index >= 15 is 0 Å². The number of ether oxygens (including phenoxy) is 2. The summed E-state index contributed by atoms with van der Waals surface area (Å²) in [5, 5.41) is 6.65. The molecule has 0 unspecified atom stereocenters. The molecule has 0 atom stereocenters. The van der Waals surface area contributed by atoms with Crippen molar-refractivity contribution in [3.8, 4) is 11.5 Å². The first-order valence-corrected chi connectivity index (χ1v) is 8.01. The van der Waals surface area contributed by atoms with Crippen molar-refractivity contribution in [2.24, 2.45) is 5.10 Å². The van der Waals surface area contributed by atoms with E-state index in [4.69, 9.17) is 9.47 Å². The van der Waals surface area contributed by atoms with Crippen molar-refractivity contribution in [3.63, 3.8) is 0 Å². The van der Waals surface area contributed by atoms with Gasteiger partial charge in [-0.05, 0) is 31.2 Å². The monoisotopic (exact) mass is 355 g/mol. The van der Waals surface area contributed by atoms with Gasteiger partial charge in [0, 0.05) is 11.4 Å². The number of hydrazone groups is 1. The number of carbonyl (C=O) groups excluding carboxylic acids is 2. The quantitative estimate of drug-likeness (QED) is 0.563. The molecular weight excluding hydrogens is 334 g/mol. The van der Waals surface area contributed by atoms with Crippen LogP contribution in [-0.2, 0) is 9.59 Å². The number of nitrogens with one attached hydrogen (secondary N) is 2. The molecule has 2 rings (SSSR count). The summed E-state index contributed by atoms with van der Waals surface area (Å²) in [6, 6.07) is 16.1. The average Bonchev–Trinajstić information content (AvgIpc) is 2.65. The summed E-state index contributed by atoms with van der Waals surface area (Å²) in [6.45, 7) is 1.44. The predicted octanol–water partition coefficient (Wildman–Crippen LogP) is 2.59. The van der Waals surface area contributed by atoms with Crippen LogP contribution >= 0.6 is 0 Å². The molecule has 7 heteroatoms. The van der Waals surface area contributed by atoms with Gasteiger partial charge in [-0.15, -0.1) is 0 Å². The molecule has 0 spiro atoms. The first-order valence-electron chi connectivity index (χ1n) is 8.01. The SMILES string of the molecule is COc1ccccc1OCC(=O)NN=C(C)CC(=O)Nc1ccccc1. The molecule has 0 saturated carbocycles. The third kappa shape index (κ3) is 6.27. The number of hydrogen-bond donors (Lipinski definition) is 2. The Morgan fingerprint density at radius 3 is 2.31 bits per heavy atom. The maximum atomic E-state index is 11.9. The summed E-state index contributed by atoms with van der Waals surface area (Å²) in [4.78, 5) is 23.7. The summed E-state index contributed by atoms with van der Waals surface area (Å²) in [5.41, 5.74) is 3.55. The van der Waals surface area contributed by atoms with Crippen LogP contribution in [0.25, 0.3) is 0 Å². The number of amides is 2. The molecule has 2 aromatic rings. The second-order valence-electron chi connectivity index (χ2n) is 5.41. The molecule has 0 radical (unpaired) electrons. The number of anilines is 1. The van der Waals surface area contributed by atoms with E-state index in [0.717, 1.165) is 0 Å². The minimum absolute atomic E-state index is 0.0720. The van der Waals surface area contributed by atoms with Crippen molar-refractivity contribution in [1.82, 2.24) is 5.43 Å². The Balaban J connectivity index is 1.77. The maximum absolute atomic E-state index is 11.9. The predicted molar refractivity (Wildman–Crippen MR) is 99.4 cm³/mol. The number of carbonyl (C=O) groups is 2. The van der Waals surface area contributed by atoms with E-state index in [2.05, 4.69) is 15.8 Å². The molecule has 0 heterocycles. The Hall–Kier alpha value is -3.35. The third-order valence-corrected chi connectivity index (χ3v) is 3.27. The van der Waals surface area contributed by atoms with Crippen molar-refractivity contribution in [3.05, 3.63) is 54.6 Å². The van der Waals surface area contributed by atoms with E-state index in [1.165, 1.54) is 7.11 Å². The molecule has 0 aliphatic rings. The minimum atomic E-state index is -0.432. The lowest BCUT2D eigenvalue weighted by Gasteiger charge is -2.09. The Morgan fingerprint density at radius 1 is 0.962 bits per heavy atom. The highest BCUT2D eigenvalue weighted by molar-refractivity contribution is 6.05. The maximum Gasteiger partial charge on any atom is 0.277 e. The largest absolute Gasteiger partial charge is 0.493 e. The molecule has 26 heavy (non-hydrogen) atoms. The van der Waals surface area contributed by atoms with Crippen LogP contribution in [0.4, 0.5) is 5.69 Å². The Bertz CT molecular complexity index is 775. The van der Waals surface area contributed by atoms with Crippen LogP contribution < -0.4 is 20.2 Å². The summed E-state index contributed by atoms with van der Waals surface area (Å²) in [6.07, 6.45) is 0.0720. The highest BCUT2D eigenvalue weighted by atomic mass is 16.5. The zero-order chi connectivity index (χ0) is 18.8. The Morgan fingerprint density at radius 2 is 1.62 bits per heavy atom. The van der Waals surface area contributed by atoms with Gasteiger partial charge in [-0.2, -0.15) is 5.10 Å². The second kappa shape index (κ2) is 9.83. The fourth-order valence-corrected chi connectivity index (χ4v) is 2.07. The van der Waals surface area contributed by atoms with E-state index in [9.17, 15) is 9.59 Å². The zero-order valence-corrected chi connectivity index (χ0v) is 14.7. The van der Waals surface area contributed by atoms with Gasteiger partial charge < -0.3 is 14.8 Å². The second-order valence-corrected chi connectivity index (χ2v) is 5.41. The van der Waals surface area contributed by atoms with Crippen molar-refractivity contribution in [2.75, 3.05) is 19.0 Å². The highest BCUT2D eigenvalue weighted by Crippen LogP contribution is 2.25. The molecular formula is C19H21N3O4. The van der Waals surface area contributed by atoms with Gasteiger partial charge in [0.2, 0.25) is 5.91 Å².